The maximum atomic E-state index is 8.88. The molecule has 0 amide bonds. The van der Waals surface area contributed by atoms with E-state index in [0.717, 1.165) is 6.42 Å². The third-order valence-corrected chi connectivity index (χ3v) is 1.73. The van der Waals surface area contributed by atoms with Gasteiger partial charge in [-0.1, -0.05) is 6.92 Å². The minimum atomic E-state index is 0.227. The lowest BCUT2D eigenvalue weighted by atomic mass is 10.2. The van der Waals surface area contributed by atoms with Gasteiger partial charge in [0.2, 0.25) is 0 Å². The first-order valence-corrected chi connectivity index (χ1v) is 3.61. The van der Waals surface area contributed by atoms with Gasteiger partial charge >= 0.3 is 0 Å². The zero-order valence-corrected chi connectivity index (χ0v) is 6.20. The number of hydrogen-bond acceptors (Lipinski definition) is 1. The molecule has 0 aromatic carbocycles. The molecule has 2 heteroatoms. The molecule has 0 fully saturated rings. The summed E-state index contributed by atoms with van der Waals surface area (Å²) >= 11 is 0. The highest BCUT2D eigenvalue weighted by atomic mass is 16.3. The lowest BCUT2D eigenvalue weighted by molar-refractivity contribution is 0.225. The van der Waals surface area contributed by atoms with Crippen LogP contribution in [0, 0.1) is 0 Å². The molecule has 1 atom stereocenters. The normalized spacial score (nSPS) is 13.4. The van der Waals surface area contributed by atoms with E-state index in [9.17, 15) is 0 Å². The van der Waals surface area contributed by atoms with Crippen molar-refractivity contribution in [1.29, 1.82) is 0 Å². The number of rotatable bonds is 3. The van der Waals surface area contributed by atoms with Crippen LogP contribution in [0.5, 0.6) is 0 Å². The summed E-state index contributed by atoms with van der Waals surface area (Å²) in [6.45, 7) is 2.30. The zero-order valence-electron chi connectivity index (χ0n) is 6.20. The average Bonchev–Trinajstić information content (AvgIpc) is 2.43. The Bertz CT molecular complexity index is 165. The monoisotopic (exact) mass is 139 g/mol. The third-order valence-electron chi connectivity index (χ3n) is 1.73. The molecule has 0 aliphatic rings. The standard InChI is InChI=1S/C8H13NO/c1-2-8(7-10)9-5-3-4-6-9/h3-6,8,10H,2,7H2,1H3. The Morgan fingerprint density at radius 2 is 2.00 bits per heavy atom. The van der Waals surface area contributed by atoms with Crippen LogP contribution in [0.2, 0.25) is 0 Å². The molecule has 0 aliphatic carbocycles. The summed E-state index contributed by atoms with van der Waals surface area (Å²) in [5.41, 5.74) is 0. The maximum Gasteiger partial charge on any atom is 0.0638 e. The minimum Gasteiger partial charge on any atom is -0.394 e. The van der Waals surface area contributed by atoms with E-state index in [1.165, 1.54) is 0 Å². The molecule has 1 aromatic rings. The summed E-state index contributed by atoms with van der Waals surface area (Å²) in [6, 6.07) is 4.20. The average molecular weight is 139 g/mol. The van der Waals surface area contributed by atoms with Crippen molar-refractivity contribution in [2.45, 2.75) is 19.4 Å². The van der Waals surface area contributed by atoms with Crippen molar-refractivity contribution in [3.63, 3.8) is 0 Å². The SMILES string of the molecule is CCC(CO)n1cccc1. The molecule has 0 aliphatic heterocycles. The van der Waals surface area contributed by atoms with Crippen molar-refractivity contribution in [2.24, 2.45) is 0 Å². The van der Waals surface area contributed by atoms with E-state index < -0.39 is 0 Å². The molecule has 0 saturated carbocycles. The summed E-state index contributed by atoms with van der Waals surface area (Å²) in [7, 11) is 0. The Morgan fingerprint density at radius 1 is 1.40 bits per heavy atom. The second kappa shape index (κ2) is 3.42. The van der Waals surface area contributed by atoms with Crippen LogP contribution < -0.4 is 0 Å². The van der Waals surface area contributed by atoms with Crippen LogP contribution in [0.25, 0.3) is 0 Å². The number of aliphatic hydroxyl groups is 1. The molecule has 1 aromatic heterocycles. The van der Waals surface area contributed by atoms with Crippen LogP contribution in [-0.4, -0.2) is 16.3 Å². The van der Waals surface area contributed by atoms with E-state index in [1.807, 2.05) is 29.1 Å². The molecule has 0 saturated heterocycles. The van der Waals surface area contributed by atoms with Gasteiger partial charge < -0.3 is 9.67 Å². The fourth-order valence-corrected chi connectivity index (χ4v) is 1.03. The fraction of sp³-hybridized carbons (Fsp3) is 0.500. The first-order chi connectivity index (χ1) is 4.88. The van der Waals surface area contributed by atoms with Gasteiger partial charge in [0.05, 0.1) is 12.6 Å². The van der Waals surface area contributed by atoms with Gasteiger partial charge in [0.1, 0.15) is 0 Å². The Hall–Kier alpha value is -0.760. The number of aromatic nitrogens is 1. The van der Waals surface area contributed by atoms with E-state index in [2.05, 4.69) is 6.92 Å². The fourth-order valence-electron chi connectivity index (χ4n) is 1.03. The van der Waals surface area contributed by atoms with Crippen LogP contribution in [0.1, 0.15) is 19.4 Å². The van der Waals surface area contributed by atoms with Crippen molar-refractivity contribution in [3.05, 3.63) is 24.5 Å². The first kappa shape index (κ1) is 7.35. The number of hydrogen-bond donors (Lipinski definition) is 1. The van der Waals surface area contributed by atoms with Crippen molar-refractivity contribution in [2.75, 3.05) is 6.61 Å². The van der Waals surface area contributed by atoms with Gasteiger partial charge in [0.15, 0.2) is 0 Å². The molecular weight excluding hydrogens is 126 g/mol. The van der Waals surface area contributed by atoms with Crippen molar-refractivity contribution in [1.82, 2.24) is 4.57 Å². The molecule has 1 unspecified atom stereocenters. The highest BCUT2D eigenvalue weighted by molar-refractivity contribution is 4.92. The molecule has 0 bridgehead atoms. The summed E-state index contributed by atoms with van der Waals surface area (Å²) in [5, 5.41) is 8.88. The lowest BCUT2D eigenvalue weighted by Gasteiger charge is -2.12. The summed E-state index contributed by atoms with van der Waals surface area (Å²) in [5.74, 6) is 0. The molecule has 1 rings (SSSR count). The van der Waals surface area contributed by atoms with Crippen LogP contribution in [0.3, 0.4) is 0 Å². The van der Waals surface area contributed by atoms with E-state index in [4.69, 9.17) is 5.11 Å². The summed E-state index contributed by atoms with van der Waals surface area (Å²) < 4.78 is 2.03. The zero-order chi connectivity index (χ0) is 7.40. The Balaban J connectivity index is 2.64. The smallest absolute Gasteiger partial charge is 0.0638 e. The minimum absolute atomic E-state index is 0.227. The Kier molecular flexibility index (Phi) is 2.51. The molecule has 0 radical (unpaired) electrons. The van der Waals surface area contributed by atoms with Crippen LogP contribution in [0.4, 0.5) is 0 Å². The van der Waals surface area contributed by atoms with E-state index in [-0.39, 0.29) is 12.6 Å². The van der Waals surface area contributed by atoms with E-state index >= 15 is 0 Å². The molecule has 1 N–H and O–H groups in total. The lowest BCUT2D eigenvalue weighted by Crippen LogP contribution is -2.09. The number of aliphatic hydroxyl groups excluding tert-OH is 1. The highest BCUT2D eigenvalue weighted by Gasteiger charge is 2.03. The molecule has 10 heavy (non-hydrogen) atoms. The van der Waals surface area contributed by atoms with Gasteiger partial charge in [0.25, 0.3) is 0 Å². The quantitative estimate of drug-likeness (QED) is 0.673. The van der Waals surface area contributed by atoms with Gasteiger partial charge in [-0.3, -0.25) is 0 Å². The molecular formula is C8H13NO. The summed E-state index contributed by atoms with van der Waals surface area (Å²) in [6.07, 6.45) is 4.93. The third kappa shape index (κ3) is 1.39. The van der Waals surface area contributed by atoms with Crippen LogP contribution in [0.15, 0.2) is 24.5 Å². The van der Waals surface area contributed by atoms with Crippen LogP contribution in [-0.2, 0) is 0 Å². The topological polar surface area (TPSA) is 25.2 Å². The van der Waals surface area contributed by atoms with Crippen molar-refractivity contribution >= 4 is 0 Å². The van der Waals surface area contributed by atoms with Gasteiger partial charge in [-0.05, 0) is 18.6 Å². The van der Waals surface area contributed by atoms with Gasteiger partial charge in [0, 0.05) is 12.4 Å². The summed E-state index contributed by atoms with van der Waals surface area (Å²) in [4.78, 5) is 0. The van der Waals surface area contributed by atoms with Crippen molar-refractivity contribution in [3.8, 4) is 0 Å². The van der Waals surface area contributed by atoms with Gasteiger partial charge in [-0.2, -0.15) is 0 Å². The van der Waals surface area contributed by atoms with E-state index in [0.29, 0.717) is 0 Å². The number of nitrogens with zero attached hydrogens (tertiary/aromatic N) is 1. The molecule has 1 heterocycles. The van der Waals surface area contributed by atoms with Gasteiger partial charge in [-0.15, -0.1) is 0 Å². The maximum absolute atomic E-state index is 8.88. The molecule has 56 valence electrons. The van der Waals surface area contributed by atoms with Gasteiger partial charge in [-0.25, -0.2) is 0 Å². The molecule has 0 spiro atoms. The highest BCUT2D eigenvalue weighted by Crippen LogP contribution is 2.08. The Morgan fingerprint density at radius 3 is 2.40 bits per heavy atom. The molecule has 2 nitrogen and oxygen atoms in total. The second-order valence-corrected chi connectivity index (χ2v) is 2.37. The predicted octanol–water partition coefficient (Wildman–Crippen LogP) is 1.43. The largest absolute Gasteiger partial charge is 0.394 e. The Labute approximate surface area is 61.1 Å². The van der Waals surface area contributed by atoms with Crippen LogP contribution >= 0.6 is 0 Å². The first-order valence-electron chi connectivity index (χ1n) is 3.61. The van der Waals surface area contributed by atoms with Crippen molar-refractivity contribution < 1.29 is 5.11 Å². The van der Waals surface area contributed by atoms with E-state index in [1.54, 1.807) is 0 Å². The predicted molar refractivity (Wildman–Crippen MR) is 40.8 cm³/mol. The second-order valence-electron chi connectivity index (χ2n) is 2.37.